The minimum atomic E-state index is -4.70. The molecule has 476 valence electrons. The molecular formula is C71H135N2O7P. The van der Waals surface area contributed by atoms with Crippen LogP contribution in [-0.4, -0.2) is 69.4 Å². The molecule has 0 spiro atoms. The number of phosphoric acid groups is 1. The van der Waals surface area contributed by atoms with Crippen LogP contribution >= 0.6 is 7.82 Å². The number of quaternary nitrogens is 1. The largest absolute Gasteiger partial charge is 0.756 e. The fourth-order valence-electron chi connectivity index (χ4n) is 10.3. The second-order valence-electron chi connectivity index (χ2n) is 25.0. The molecule has 10 heteroatoms. The number of likely N-dealkylation sites (N-methyl/N-ethyl adjacent to an activating group) is 1. The highest BCUT2D eigenvalue weighted by molar-refractivity contribution is 7.45. The summed E-state index contributed by atoms with van der Waals surface area (Å²) >= 11 is 0. The van der Waals surface area contributed by atoms with Crippen molar-refractivity contribution in [3.63, 3.8) is 0 Å². The van der Waals surface area contributed by atoms with Crippen molar-refractivity contribution in [2.24, 2.45) is 0 Å². The molecule has 0 saturated heterocycles. The fourth-order valence-corrected chi connectivity index (χ4v) is 11.0. The summed E-state index contributed by atoms with van der Waals surface area (Å²) in [5.74, 6) is -0.535. The summed E-state index contributed by atoms with van der Waals surface area (Å²) in [4.78, 5) is 40.1. The van der Waals surface area contributed by atoms with E-state index in [0.717, 1.165) is 77.0 Å². The second kappa shape index (κ2) is 61.1. The number of hydrogen-bond acceptors (Lipinski definition) is 7. The summed E-state index contributed by atoms with van der Waals surface area (Å²) < 4.78 is 30.4. The number of allylic oxidation sites excluding steroid dienone is 7. The van der Waals surface area contributed by atoms with Crippen molar-refractivity contribution < 1.29 is 37.3 Å². The first-order chi connectivity index (χ1) is 39.4. The highest BCUT2D eigenvalue weighted by atomic mass is 31.2. The lowest BCUT2D eigenvalue weighted by atomic mass is 10.0. The zero-order valence-electron chi connectivity index (χ0n) is 54.5. The molecule has 0 heterocycles. The molecule has 81 heavy (non-hydrogen) atoms. The molecule has 3 atom stereocenters. The smallest absolute Gasteiger partial charge is 0.306 e. The molecule has 0 aromatic carbocycles. The third-order valence-electron chi connectivity index (χ3n) is 15.7. The van der Waals surface area contributed by atoms with Crippen molar-refractivity contribution in [3.05, 3.63) is 48.6 Å². The molecule has 0 aliphatic carbocycles. The molecule has 1 N–H and O–H groups in total. The number of phosphoric ester groups is 1. The van der Waals surface area contributed by atoms with Crippen molar-refractivity contribution in [1.82, 2.24) is 5.32 Å². The normalized spacial score (nSPS) is 13.8. The molecule has 0 radical (unpaired) electrons. The average molecular weight is 1160 g/mol. The van der Waals surface area contributed by atoms with E-state index in [-0.39, 0.29) is 31.5 Å². The zero-order chi connectivity index (χ0) is 59.3. The van der Waals surface area contributed by atoms with E-state index in [0.29, 0.717) is 17.4 Å². The first-order valence-corrected chi connectivity index (χ1v) is 36.4. The van der Waals surface area contributed by atoms with Gasteiger partial charge < -0.3 is 28.5 Å². The number of amides is 1. The van der Waals surface area contributed by atoms with E-state index in [1.165, 1.54) is 231 Å². The van der Waals surface area contributed by atoms with E-state index in [4.69, 9.17) is 13.8 Å². The van der Waals surface area contributed by atoms with Gasteiger partial charge in [0.2, 0.25) is 5.91 Å². The van der Waals surface area contributed by atoms with Crippen molar-refractivity contribution in [2.45, 2.75) is 354 Å². The van der Waals surface area contributed by atoms with Gasteiger partial charge >= 0.3 is 5.97 Å². The summed E-state index contributed by atoms with van der Waals surface area (Å²) in [6.45, 7) is 6.86. The molecule has 1 amide bonds. The topological polar surface area (TPSA) is 114 Å². The minimum absolute atomic E-state index is 0.0224. The van der Waals surface area contributed by atoms with E-state index < -0.39 is 20.0 Å². The van der Waals surface area contributed by atoms with Crippen LogP contribution in [0.4, 0.5) is 0 Å². The SMILES string of the molecule is CCCCC/C=C\C/C=C\CCCCCCCCCC(=O)OC(/C=C\CCCCCCCCCCCCC)C(COP(=O)([O-])OCC[N+](C)(C)C)NC(=O)CCCCCCCCCCCCCCCCC/C=C/CCCCCCCC. The Labute approximate surface area is 503 Å². The van der Waals surface area contributed by atoms with Crippen LogP contribution in [0, 0.1) is 0 Å². The van der Waals surface area contributed by atoms with Gasteiger partial charge in [-0.2, -0.15) is 0 Å². The van der Waals surface area contributed by atoms with Gasteiger partial charge in [0.1, 0.15) is 19.3 Å². The van der Waals surface area contributed by atoms with Crippen molar-refractivity contribution in [1.29, 1.82) is 0 Å². The lowest BCUT2D eigenvalue weighted by Crippen LogP contribution is -2.47. The van der Waals surface area contributed by atoms with Crippen LogP contribution in [0.1, 0.15) is 342 Å². The lowest BCUT2D eigenvalue weighted by Gasteiger charge is -2.30. The molecule has 0 aromatic heterocycles. The number of ether oxygens (including phenoxy) is 1. The summed E-state index contributed by atoms with van der Waals surface area (Å²) in [6, 6.07) is -0.891. The van der Waals surface area contributed by atoms with Gasteiger partial charge in [0.15, 0.2) is 0 Å². The standard InChI is InChI=1S/C71H135N2O7P/c1-7-10-13-16-19-22-25-28-30-32-33-34-35-36-37-38-39-41-42-45-48-51-54-57-60-63-70(74)72-68(67-79-81(76,77)78-66-65-73(4,5)6)69(62-59-56-53-50-47-44-27-24-21-18-15-12-9-3)80-71(75)64-61-58-55-52-49-46-43-40-31-29-26-23-20-17-14-11-8-2/h20,23,28-31,59,62,68-69H,7-19,21-22,24-27,32-58,60-61,63-67H2,1-6H3,(H-,72,74,76,77)/b23-20-,30-28+,31-29-,62-59-. The van der Waals surface area contributed by atoms with E-state index in [1.54, 1.807) is 0 Å². The van der Waals surface area contributed by atoms with Gasteiger partial charge in [0.25, 0.3) is 7.82 Å². The predicted molar refractivity (Wildman–Crippen MR) is 349 cm³/mol. The lowest BCUT2D eigenvalue weighted by molar-refractivity contribution is -0.870. The van der Waals surface area contributed by atoms with Gasteiger partial charge in [-0.1, -0.05) is 288 Å². The molecule has 9 nitrogen and oxygen atoms in total. The summed E-state index contributed by atoms with van der Waals surface area (Å²) in [6.07, 6.45) is 76.6. The molecule has 0 aromatic rings. The van der Waals surface area contributed by atoms with Crippen LogP contribution in [0.25, 0.3) is 0 Å². The van der Waals surface area contributed by atoms with Gasteiger partial charge in [-0.05, 0) is 89.5 Å². The first-order valence-electron chi connectivity index (χ1n) is 34.9. The van der Waals surface area contributed by atoms with Crippen LogP contribution in [0.3, 0.4) is 0 Å². The maximum absolute atomic E-state index is 13.6. The third-order valence-corrected chi connectivity index (χ3v) is 16.7. The monoisotopic (exact) mass is 1160 g/mol. The molecule has 0 aliphatic heterocycles. The fraction of sp³-hybridized carbons (Fsp3) is 0.859. The van der Waals surface area contributed by atoms with Crippen LogP contribution in [0.15, 0.2) is 48.6 Å². The van der Waals surface area contributed by atoms with E-state index >= 15 is 0 Å². The van der Waals surface area contributed by atoms with Gasteiger partial charge in [0.05, 0.1) is 33.8 Å². The average Bonchev–Trinajstić information content (AvgIpc) is 3.44. The Morgan fingerprint density at radius 1 is 0.432 bits per heavy atom. The Bertz CT molecular complexity index is 1520. The Hall–Kier alpha value is -2.03. The van der Waals surface area contributed by atoms with Crippen LogP contribution in [0.5, 0.6) is 0 Å². The molecule has 0 rings (SSSR count). The van der Waals surface area contributed by atoms with E-state index in [2.05, 4.69) is 62.5 Å². The molecule has 0 saturated carbocycles. The van der Waals surface area contributed by atoms with Gasteiger partial charge in [-0.3, -0.25) is 14.2 Å². The maximum Gasteiger partial charge on any atom is 0.306 e. The summed E-state index contributed by atoms with van der Waals surface area (Å²) in [5.41, 5.74) is 0. The van der Waals surface area contributed by atoms with E-state index in [1.807, 2.05) is 33.3 Å². The third kappa shape index (κ3) is 62.3. The molecule has 0 aliphatic rings. The number of carbonyl (C=O) groups is 2. The highest BCUT2D eigenvalue weighted by Gasteiger charge is 2.27. The zero-order valence-corrected chi connectivity index (χ0v) is 55.4. The van der Waals surface area contributed by atoms with Crippen LogP contribution < -0.4 is 10.2 Å². The second-order valence-corrected chi connectivity index (χ2v) is 26.4. The number of rotatable bonds is 64. The quantitative estimate of drug-likeness (QED) is 0.0212. The van der Waals surface area contributed by atoms with Gasteiger partial charge in [0, 0.05) is 12.8 Å². The molecule has 0 bridgehead atoms. The summed E-state index contributed by atoms with van der Waals surface area (Å²) in [5, 5.41) is 3.05. The number of nitrogens with zero attached hydrogens (tertiary/aromatic N) is 1. The Kier molecular flexibility index (Phi) is 59.5. The Balaban J connectivity index is 5.08. The van der Waals surface area contributed by atoms with Crippen LogP contribution in [0.2, 0.25) is 0 Å². The molecular weight excluding hydrogens is 1020 g/mol. The van der Waals surface area contributed by atoms with Crippen molar-refractivity contribution in [3.8, 4) is 0 Å². The number of esters is 1. The van der Waals surface area contributed by atoms with E-state index in [9.17, 15) is 19.0 Å². The number of carbonyl (C=O) groups excluding carboxylic acids is 2. The van der Waals surface area contributed by atoms with Crippen molar-refractivity contribution >= 4 is 19.7 Å². The van der Waals surface area contributed by atoms with Gasteiger partial charge in [-0.15, -0.1) is 0 Å². The highest BCUT2D eigenvalue weighted by Crippen LogP contribution is 2.38. The summed E-state index contributed by atoms with van der Waals surface area (Å²) in [7, 11) is 1.19. The Morgan fingerprint density at radius 2 is 0.753 bits per heavy atom. The first kappa shape index (κ1) is 79.0. The van der Waals surface area contributed by atoms with Gasteiger partial charge in [-0.25, -0.2) is 0 Å². The maximum atomic E-state index is 13.6. The Morgan fingerprint density at radius 3 is 1.15 bits per heavy atom. The van der Waals surface area contributed by atoms with Crippen molar-refractivity contribution in [2.75, 3.05) is 40.9 Å². The number of hydrogen-bond donors (Lipinski definition) is 1. The number of nitrogens with one attached hydrogen (secondary N) is 1. The minimum Gasteiger partial charge on any atom is -0.756 e. The number of unbranched alkanes of at least 4 members (excludes halogenated alkanes) is 42. The molecule has 3 unspecified atom stereocenters. The molecule has 0 fully saturated rings. The van der Waals surface area contributed by atoms with Crippen LogP contribution in [-0.2, 0) is 27.9 Å². The predicted octanol–water partition coefficient (Wildman–Crippen LogP) is 21.4.